The van der Waals surface area contributed by atoms with Gasteiger partial charge in [0.2, 0.25) is 5.95 Å². The van der Waals surface area contributed by atoms with Gasteiger partial charge < -0.3 is 16.0 Å². The minimum Gasteiger partial charge on any atom is -0.354 e. The number of aromatic amines is 1. The van der Waals surface area contributed by atoms with Crippen molar-refractivity contribution in [2.45, 2.75) is 13.0 Å². The zero-order valence-electron chi connectivity index (χ0n) is 13.0. The summed E-state index contributed by atoms with van der Waals surface area (Å²) < 4.78 is 1.50. The summed E-state index contributed by atoms with van der Waals surface area (Å²) in [6, 6.07) is 9.32. The van der Waals surface area contributed by atoms with Gasteiger partial charge in [-0.05, 0) is 24.6 Å². The molecule has 24 heavy (non-hydrogen) atoms. The fourth-order valence-corrected chi connectivity index (χ4v) is 2.42. The average Bonchev–Trinajstić information content (AvgIpc) is 2.91. The maximum absolute atomic E-state index is 12.2. The Morgan fingerprint density at radius 1 is 1.38 bits per heavy atom. The van der Waals surface area contributed by atoms with Crippen LogP contribution < -0.4 is 16.7 Å². The van der Waals surface area contributed by atoms with E-state index in [4.69, 9.17) is 5.73 Å². The molecule has 0 saturated heterocycles. The lowest BCUT2D eigenvalue weighted by Crippen LogP contribution is -2.18. The lowest BCUT2D eigenvalue weighted by molar-refractivity contribution is 0.775. The summed E-state index contributed by atoms with van der Waals surface area (Å²) in [5.41, 5.74) is 7.53. The summed E-state index contributed by atoms with van der Waals surface area (Å²) in [6.07, 6.45) is 2.37. The van der Waals surface area contributed by atoms with Crippen molar-refractivity contribution in [2.24, 2.45) is 5.73 Å². The van der Waals surface area contributed by atoms with Gasteiger partial charge in [-0.25, -0.2) is 9.78 Å². The van der Waals surface area contributed by atoms with E-state index in [1.165, 1.54) is 4.57 Å². The molecular formula is C16H17N7O. The van der Waals surface area contributed by atoms with E-state index in [0.29, 0.717) is 35.8 Å². The fourth-order valence-electron chi connectivity index (χ4n) is 2.42. The SMILES string of the molecule is N#Cc1ccccc1Cn1c(=O)[nH]c2cnc(NCCCN)nc21. The van der Waals surface area contributed by atoms with Crippen molar-refractivity contribution < 1.29 is 0 Å². The van der Waals surface area contributed by atoms with Gasteiger partial charge in [-0.15, -0.1) is 0 Å². The van der Waals surface area contributed by atoms with Gasteiger partial charge in [0.25, 0.3) is 0 Å². The quantitative estimate of drug-likeness (QED) is 0.576. The molecule has 3 rings (SSSR count). The summed E-state index contributed by atoms with van der Waals surface area (Å²) >= 11 is 0. The molecule has 122 valence electrons. The lowest BCUT2D eigenvalue weighted by Gasteiger charge is -2.06. The number of H-pyrrole nitrogens is 1. The number of nitriles is 1. The Bertz CT molecular complexity index is 951. The van der Waals surface area contributed by atoms with Crippen LogP contribution in [0.25, 0.3) is 11.2 Å². The fraction of sp³-hybridized carbons (Fsp3) is 0.250. The summed E-state index contributed by atoms with van der Waals surface area (Å²) in [7, 11) is 0. The molecule has 0 amide bonds. The van der Waals surface area contributed by atoms with Crippen LogP contribution in [0, 0.1) is 11.3 Å². The van der Waals surface area contributed by atoms with Gasteiger partial charge in [0.05, 0.1) is 24.4 Å². The Balaban J connectivity index is 1.97. The highest BCUT2D eigenvalue weighted by molar-refractivity contribution is 5.71. The zero-order chi connectivity index (χ0) is 16.9. The second-order valence-electron chi connectivity index (χ2n) is 5.29. The van der Waals surface area contributed by atoms with Gasteiger partial charge >= 0.3 is 5.69 Å². The number of hydrogen-bond acceptors (Lipinski definition) is 6. The van der Waals surface area contributed by atoms with Crippen molar-refractivity contribution in [1.82, 2.24) is 19.5 Å². The number of nitrogens with two attached hydrogens (primary N) is 1. The standard InChI is InChI=1S/C16H17N7O/c17-6-3-7-19-15-20-9-13-14(22-15)23(16(24)21-13)10-12-5-2-1-4-11(12)8-18/h1-2,4-5,9H,3,6-7,10,17H2,(H,21,24)(H,19,20,22). The van der Waals surface area contributed by atoms with Gasteiger partial charge in [-0.3, -0.25) is 4.57 Å². The molecule has 0 bridgehead atoms. The van der Waals surface area contributed by atoms with E-state index in [1.807, 2.05) is 12.1 Å². The Morgan fingerprint density at radius 2 is 2.21 bits per heavy atom. The van der Waals surface area contributed by atoms with E-state index in [0.717, 1.165) is 12.0 Å². The summed E-state index contributed by atoms with van der Waals surface area (Å²) in [5.74, 6) is 0.442. The first kappa shape index (κ1) is 15.7. The molecule has 2 aromatic heterocycles. The zero-order valence-corrected chi connectivity index (χ0v) is 13.0. The molecule has 0 saturated carbocycles. The molecule has 0 fully saturated rings. The molecular weight excluding hydrogens is 306 g/mol. The molecule has 8 nitrogen and oxygen atoms in total. The minimum absolute atomic E-state index is 0.266. The van der Waals surface area contributed by atoms with Gasteiger partial charge in [0.1, 0.15) is 5.52 Å². The van der Waals surface area contributed by atoms with Crippen LogP contribution in [-0.4, -0.2) is 32.6 Å². The molecule has 1 aromatic carbocycles. The van der Waals surface area contributed by atoms with Crippen LogP contribution in [0.5, 0.6) is 0 Å². The second-order valence-corrected chi connectivity index (χ2v) is 5.29. The number of nitrogens with zero attached hydrogens (tertiary/aromatic N) is 4. The van der Waals surface area contributed by atoms with E-state index in [-0.39, 0.29) is 12.2 Å². The van der Waals surface area contributed by atoms with Crippen molar-refractivity contribution in [2.75, 3.05) is 18.4 Å². The van der Waals surface area contributed by atoms with Crippen molar-refractivity contribution in [3.63, 3.8) is 0 Å². The number of imidazole rings is 1. The first-order valence-corrected chi connectivity index (χ1v) is 7.60. The summed E-state index contributed by atoms with van der Waals surface area (Å²) in [6.45, 7) is 1.50. The highest BCUT2D eigenvalue weighted by atomic mass is 16.1. The van der Waals surface area contributed by atoms with E-state index in [1.54, 1.807) is 18.3 Å². The Hall–Kier alpha value is -3.18. The third kappa shape index (κ3) is 3.11. The maximum atomic E-state index is 12.2. The summed E-state index contributed by atoms with van der Waals surface area (Å²) in [5, 5.41) is 12.3. The largest absolute Gasteiger partial charge is 0.354 e. The van der Waals surface area contributed by atoms with E-state index in [9.17, 15) is 10.1 Å². The van der Waals surface area contributed by atoms with Crippen LogP contribution in [0.15, 0.2) is 35.3 Å². The number of nitrogens with one attached hydrogen (secondary N) is 2. The molecule has 0 aliphatic rings. The highest BCUT2D eigenvalue weighted by Gasteiger charge is 2.12. The lowest BCUT2D eigenvalue weighted by atomic mass is 10.1. The molecule has 0 spiro atoms. The number of rotatable bonds is 6. The predicted molar refractivity (Wildman–Crippen MR) is 90.6 cm³/mol. The third-order valence-electron chi connectivity index (χ3n) is 3.64. The summed E-state index contributed by atoms with van der Waals surface area (Å²) in [4.78, 5) is 23.5. The molecule has 4 N–H and O–H groups in total. The minimum atomic E-state index is -0.286. The number of aromatic nitrogens is 4. The topological polar surface area (TPSA) is 125 Å². The number of benzene rings is 1. The molecule has 0 atom stereocenters. The molecule has 0 aliphatic heterocycles. The van der Waals surface area contributed by atoms with E-state index < -0.39 is 0 Å². The Morgan fingerprint density at radius 3 is 3.00 bits per heavy atom. The van der Waals surface area contributed by atoms with Gasteiger partial charge in [0.15, 0.2) is 5.65 Å². The van der Waals surface area contributed by atoms with E-state index >= 15 is 0 Å². The number of fused-ring (bicyclic) bond motifs is 1. The predicted octanol–water partition coefficient (Wildman–Crippen LogP) is 0.800. The smallest absolute Gasteiger partial charge is 0.328 e. The monoisotopic (exact) mass is 323 g/mol. The van der Waals surface area contributed by atoms with Crippen molar-refractivity contribution in [3.8, 4) is 6.07 Å². The van der Waals surface area contributed by atoms with Crippen molar-refractivity contribution in [3.05, 3.63) is 52.1 Å². The second kappa shape index (κ2) is 6.93. The van der Waals surface area contributed by atoms with Crippen LogP contribution in [0.1, 0.15) is 17.5 Å². The van der Waals surface area contributed by atoms with Crippen LogP contribution in [0.4, 0.5) is 5.95 Å². The van der Waals surface area contributed by atoms with Crippen LogP contribution in [0.2, 0.25) is 0 Å². The van der Waals surface area contributed by atoms with E-state index in [2.05, 4.69) is 26.3 Å². The highest BCUT2D eigenvalue weighted by Crippen LogP contribution is 2.13. The van der Waals surface area contributed by atoms with Crippen LogP contribution in [-0.2, 0) is 6.54 Å². The van der Waals surface area contributed by atoms with Gasteiger partial charge in [-0.2, -0.15) is 10.2 Å². The van der Waals surface area contributed by atoms with Crippen LogP contribution >= 0.6 is 0 Å². The first-order valence-electron chi connectivity index (χ1n) is 7.60. The molecule has 2 heterocycles. The van der Waals surface area contributed by atoms with Crippen molar-refractivity contribution >= 4 is 17.1 Å². The van der Waals surface area contributed by atoms with Crippen molar-refractivity contribution in [1.29, 1.82) is 5.26 Å². The number of anilines is 1. The molecule has 0 aliphatic carbocycles. The van der Waals surface area contributed by atoms with Gasteiger partial charge in [-0.1, -0.05) is 18.2 Å². The normalized spacial score (nSPS) is 10.7. The molecule has 8 heteroatoms. The maximum Gasteiger partial charge on any atom is 0.328 e. The molecule has 0 radical (unpaired) electrons. The average molecular weight is 323 g/mol. The van der Waals surface area contributed by atoms with Crippen LogP contribution in [0.3, 0.4) is 0 Å². The molecule has 0 unspecified atom stereocenters. The Labute approximate surface area is 138 Å². The Kier molecular flexibility index (Phi) is 4.54. The third-order valence-corrected chi connectivity index (χ3v) is 3.64. The first-order chi connectivity index (χ1) is 11.7. The van der Waals surface area contributed by atoms with Gasteiger partial charge in [0, 0.05) is 6.54 Å². The number of hydrogen-bond donors (Lipinski definition) is 3. The molecule has 3 aromatic rings.